The third-order valence-electron chi connectivity index (χ3n) is 5.80. The molecule has 0 aliphatic rings. The highest BCUT2D eigenvalue weighted by Gasteiger charge is 2.26. The van der Waals surface area contributed by atoms with Crippen LogP contribution in [0.2, 0.25) is 0 Å². The number of furan rings is 1. The molecular weight excluding hydrogens is 402 g/mol. The van der Waals surface area contributed by atoms with Gasteiger partial charge in [0.1, 0.15) is 5.82 Å². The number of aromatic nitrogens is 2. The predicted octanol–water partition coefficient (Wildman–Crippen LogP) is 4.97. The standard InChI is InChI=1S/C26H21N3O3/c1-17(28(2)26(31)23-12-7-15-32-23)24-27-22-11-6-5-10-21(22)25(30)29(24)20-14-13-18-8-3-4-9-19(18)16-20/h3-17H,1-2H3. The first-order valence-electron chi connectivity index (χ1n) is 10.4. The van der Waals surface area contributed by atoms with Crippen LogP contribution in [0.3, 0.4) is 0 Å². The van der Waals surface area contributed by atoms with Gasteiger partial charge in [-0.2, -0.15) is 0 Å². The number of fused-ring (bicyclic) bond motifs is 2. The predicted molar refractivity (Wildman–Crippen MR) is 124 cm³/mol. The summed E-state index contributed by atoms with van der Waals surface area (Å²) < 4.78 is 6.88. The molecule has 2 aromatic heterocycles. The molecule has 0 spiro atoms. The van der Waals surface area contributed by atoms with Crippen LogP contribution < -0.4 is 5.56 Å². The van der Waals surface area contributed by atoms with Gasteiger partial charge in [-0.1, -0.05) is 42.5 Å². The number of nitrogens with zero attached hydrogens (tertiary/aromatic N) is 3. The molecule has 158 valence electrons. The van der Waals surface area contributed by atoms with E-state index in [4.69, 9.17) is 9.40 Å². The lowest BCUT2D eigenvalue weighted by Gasteiger charge is -2.26. The highest BCUT2D eigenvalue weighted by atomic mass is 16.3. The summed E-state index contributed by atoms with van der Waals surface area (Å²) in [6.45, 7) is 1.86. The van der Waals surface area contributed by atoms with E-state index in [1.165, 1.54) is 11.2 Å². The van der Waals surface area contributed by atoms with Crippen molar-refractivity contribution in [2.45, 2.75) is 13.0 Å². The molecule has 0 aliphatic heterocycles. The highest BCUT2D eigenvalue weighted by molar-refractivity contribution is 5.91. The zero-order valence-electron chi connectivity index (χ0n) is 17.7. The zero-order chi connectivity index (χ0) is 22.2. The molecule has 5 rings (SSSR count). The summed E-state index contributed by atoms with van der Waals surface area (Å²) >= 11 is 0. The second-order valence-electron chi connectivity index (χ2n) is 7.73. The van der Waals surface area contributed by atoms with Crippen molar-refractivity contribution >= 4 is 27.6 Å². The van der Waals surface area contributed by atoms with Gasteiger partial charge in [0.25, 0.3) is 11.5 Å². The van der Waals surface area contributed by atoms with Crippen LogP contribution in [0.25, 0.3) is 27.4 Å². The molecule has 6 nitrogen and oxygen atoms in total. The van der Waals surface area contributed by atoms with Gasteiger partial charge < -0.3 is 9.32 Å². The van der Waals surface area contributed by atoms with Gasteiger partial charge in [0.15, 0.2) is 5.76 Å². The van der Waals surface area contributed by atoms with Crippen LogP contribution in [-0.2, 0) is 0 Å². The number of rotatable bonds is 4. The quantitative estimate of drug-likeness (QED) is 0.410. The highest BCUT2D eigenvalue weighted by Crippen LogP contribution is 2.25. The Morgan fingerprint density at radius 2 is 1.72 bits per heavy atom. The Balaban J connectivity index is 1.72. The topological polar surface area (TPSA) is 68.3 Å². The Morgan fingerprint density at radius 3 is 2.50 bits per heavy atom. The molecule has 0 saturated heterocycles. The molecule has 0 saturated carbocycles. The van der Waals surface area contributed by atoms with E-state index in [0.29, 0.717) is 22.4 Å². The van der Waals surface area contributed by atoms with Crippen LogP contribution in [0.15, 0.2) is 94.3 Å². The molecular formula is C26H21N3O3. The smallest absolute Gasteiger partial charge is 0.289 e. The number of hydrogen-bond donors (Lipinski definition) is 0. The fourth-order valence-electron chi connectivity index (χ4n) is 3.92. The molecule has 0 fully saturated rings. The summed E-state index contributed by atoms with van der Waals surface area (Å²) in [5.74, 6) is 0.432. The van der Waals surface area contributed by atoms with E-state index < -0.39 is 6.04 Å². The van der Waals surface area contributed by atoms with Gasteiger partial charge >= 0.3 is 0 Å². The molecule has 32 heavy (non-hydrogen) atoms. The molecule has 1 unspecified atom stereocenters. The average Bonchev–Trinajstić information content (AvgIpc) is 3.37. The van der Waals surface area contributed by atoms with Crippen molar-refractivity contribution in [1.29, 1.82) is 0 Å². The van der Waals surface area contributed by atoms with E-state index in [1.807, 2.05) is 67.6 Å². The fraction of sp³-hybridized carbons (Fsp3) is 0.115. The number of carbonyl (C=O) groups is 1. The van der Waals surface area contributed by atoms with Crippen LogP contribution >= 0.6 is 0 Å². The van der Waals surface area contributed by atoms with Crippen molar-refractivity contribution in [2.75, 3.05) is 7.05 Å². The van der Waals surface area contributed by atoms with Gasteiger partial charge in [0, 0.05) is 7.05 Å². The monoisotopic (exact) mass is 423 g/mol. The Kier molecular flexibility index (Phi) is 4.82. The summed E-state index contributed by atoms with van der Waals surface area (Å²) in [4.78, 5) is 32.9. The maximum Gasteiger partial charge on any atom is 0.289 e. The number of amides is 1. The maximum absolute atomic E-state index is 13.6. The summed E-state index contributed by atoms with van der Waals surface area (Å²) in [7, 11) is 1.68. The van der Waals surface area contributed by atoms with Crippen LogP contribution in [0.4, 0.5) is 0 Å². The Morgan fingerprint density at radius 1 is 0.969 bits per heavy atom. The van der Waals surface area contributed by atoms with E-state index in [2.05, 4.69) is 0 Å². The molecule has 1 amide bonds. The first-order valence-corrected chi connectivity index (χ1v) is 10.4. The van der Waals surface area contributed by atoms with E-state index in [9.17, 15) is 9.59 Å². The SMILES string of the molecule is CC(c1nc2ccccc2c(=O)n1-c1ccc2ccccc2c1)N(C)C(=O)c1ccco1. The first-order chi connectivity index (χ1) is 15.5. The van der Waals surface area contributed by atoms with Gasteiger partial charge in [-0.15, -0.1) is 0 Å². The lowest BCUT2D eigenvalue weighted by molar-refractivity contribution is 0.0702. The Bertz CT molecular complexity index is 1500. The minimum Gasteiger partial charge on any atom is -0.459 e. The van der Waals surface area contributed by atoms with Crippen LogP contribution in [0, 0.1) is 0 Å². The van der Waals surface area contributed by atoms with E-state index in [0.717, 1.165) is 10.8 Å². The van der Waals surface area contributed by atoms with Gasteiger partial charge in [0.05, 0.1) is 28.9 Å². The van der Waals surface area contributed by atoms with Crippen molar-refractivity contribution in [3.8, 4) is 5.69 Å². The summed E-state index contributed by atoms with van der Waals surface area (Å²) in [6.07, 6.45) is 1.46. The average molecular weight is 423 g/mol. The second-order valence-corrected chi connectivity index (χ2v) is 7.73. The van der Waals surface area contributed by atoms with Crippen molar-refractivity contribution in [2.24, 2.45) is 0 Å². The Labute approximate surface area is 184 Å². The molecule has 5 aromatic rings. The van der Waals surface area contributed by atoms with Crippen LogP contribution in [0.5, 0.6) is 0 Å². The summed E-state index contributed by atoms with van der Waals surface area (Å²) in [5, 5.41) is 2.62. The third-order valence-corrected chi connectivity index (χ3v) is 5.80. The van der Waals surface area contributed by atoms with Crippen molar-refractivity contribution < 1.29 is 9.21 Å². The first kappa shape index (κ1) is 19.8. The van der Waals surface area contributed by atoms with Gasteiger partial charge in [0.2, 0.25) is 0 Å². The van der Waals surface area contributed by atoms with Gasteiger partial charge in [-0.05, 0) is 54.1 Å². The third kappa shape index (κ3) is 3.26. The summed E-state index contributed by atoms with van der Waals surface area (Å²) in [5.41, 5.74) is 1.12. The number of para-hydroxylation sites is 1. The molecule has 2 heterocycles. The minimum absolute atomic E-state index is 0.174. The molecule has 0 radical (unpaired) electrons. The Hall–Kier alpha value is -4.19. The normalized spacial score (nSPS) is 12.2. The lowest BCUT2D eigenvalue weighted by Crippen LogP contribution is -2.34. The van der Waals surface area contributed by atoms with Gasteiger partial charge in [-0.25, -0.2) is 4.98 Å². The van der Waals surface area contributed by atoms with E-state index >= 15 is 0 Å². The van der Waals surface area contributed by atoms with Crippen molar-refractivity contribution in [3.63, 3.8) is 0 Å². The second kappa shape index (κ2) is 7.81. The maximum atomic E-state index is 13.6. The molecule has 0 bridgehead atoms. The molecule has 3 aromatic carbocycles. The van der Waals surface area contributed by atoms with Crippen molar-refractivity contribution in [3.05, 3.63) is 107 Å². The van der Waals surface area contributed by atoms with Crippen molar-refractivity contribution in [1.82, 2.24) is 14.5 Å². The molecule has 0 N–H and O–H groups in total. The molecule has 0 aliphatic carbocycles. The van der Waals surface area contributed by atoms with E-state index in [-0.39, 0.29) is 17.2 Å². The lowest BCUT2D eigenvalue weighted by atomic mass is 10.1. The molecule has 1 atom stereocenters. The molecule has 6 heteroatoms. The number of benzene rings is 3. The minimum atomic E-state index is -0.489. The zero-order valence-corrected chi connectivity index (χ0v) is 17.7. The summed E-state index contributed by atoms with van der Waals surface area (Å²) in [6, 6.07) is 23.9. The fourth-order valence-corrected chi connectivity index (χ4v) is 3.92. The van der Waals surface area contributed by atoms with Crippen LogP contribution in [-0.4, -0.2) is 27.4 Å². The number of hydrogen-bond acceptors (Lipinski definition) is 4. The number of carbonyl (C=O) groups excluding carboxylic acids is 1. The van der Waals surface area contributed by atoms with E-state index in [1.54, 1.807) is 29.8 Å². The van der Waals surface area contributed by atoms with Gasteiger partial charge in [-0.3, -0.25) is 14.2 Å². The van der Waals surface area contributed by atoms with Crippen LogP contribution in [0.1, 0.15) is 29.3 Å². The largest absolute Gasteiger partial charge is 0.459 e.